The van der Waals surface area contributed by atoms with E-state index < -0.39 is 6.10 Å². The predicted octanol–water partition coefficient (Wildman–Crippen LogP) is 2.74. The SMILES string of the molecule is COc1ccccc1OCCNCC(O)COC1CCCC2NC3CCCCC3C21. The van der Waals surface area contributed by atoms with Gasteiger partial charge in [0, 0.05) is 31.1 Å². The molecule has 3 N–H and O–H groups in total. The minimum absolute atomic E-state index is 0.299. The number of nitrogens with one attached hydrogen (secondary N) is 2. The molecule has 1 aliphatic heterocycles. The van der Waals surface area contributed by atoms with Crippen LogP contribution in [0.15, 0.2) is 24.3 Å². The monoisotopic (exact) mass is 418 g/mol. The number of ether oxygens (including phenoxy) is 3. The Morgan fingerprint density at radius 1 is 1.07 bits per heavy atom. The normalized spacial score (nSPS) is 31.6. The molecule has 0 aromatic heterocycles. The van der Waals surface area contributed by atoms with Gasteiger partial charge in [0.2, 0.25) is 0 Å². The average Bonchev–Trinajstić information content (AvgIpc) is 3.17. The van der Waals surface area contributed by atoms with Gasteiger partial charge in [0.1, 0.15) is 6.61 Å². The first-order valence-corrected chi connectivity index (χ1v) is 11.8. The fourth-order valence-corrected chi connectivity index (χ4v) is 5.78. The van der Waals surface area contributed by atoms with E-state index in [2.05, 4.69) is 10.6 Å². The number of rotatable bonds is 10. The highest BCUT2D eigenvalue weighted by atomic mass is 16.5. The molecule has 168 valence electrons. The van der Waals surface area contributed by atoms with Crippen molar-refractivity contribution >= 4 is 0 Å². The Labute approximate surface area is 180 Å². The number of aliphatic hydroxyl groups excluding tert-OH is 1. The third-order valence-corrected chi connectivity index (χ3v) is 7.13. The number of para-hydroxylation sites is 2. The van der Waals surface area contributed by atoms with Crippen molar-refractivity contribution in [3.05, 3.63) is 24.3 Å². The Morgan fingerprint density at radius 2 is 1.87 bits per heavy atom. The van der Waals surface area contributed by atoms with E-state index in [1.807, 2.05) is 24.3 Å². The van der Waals surface area contributed by atoms with Crippen LogP contribution in [0.25, 0.3) is 0 Å². The van der Waals surface area contributed by atoms with Gasteiger partial charge in [-0.3, -0.25) is 0 Å². The number of hydrogen-bond donors (Lipinski definition) is 3. The summed E-state index contributed by atoms with van der Waals surface area (Å²) >= 11 is 0. The maximum absolute atomic E-state index is 10.4. The summed E-state index contributed by atoms with van der Waals surface area (Å²) in [6.45, 7) is 2.11. The summed E-state index contributed by atoms with van der Waals surface area (Å²) in [5.41, 5.74) is 0. The first-order chi connectivity index (χ1) is 14.8. The Balaban J connectivity index is 1.15. The Morgan fingerprint density at radius 3 is 2.73 bits per heavy atom. The highest BCUT2D eigenvalue weighted by Gasteiger charge is 2.48. The Bertz CT molecular complexity index is 658. The van der Waals surface area contributed by atoms with E-state index in [1.165, 1.54) is 38.5 Å². The largest absolute Gasteiger partial charge is 0.493 e. The summed E-state index contributed by atoms with van der Waals surface area (Å²) in [5, 5.41) is 17.6. The molecular formula is C24H38N2O4. The minimum atomic E-state index is -0.492. The molecule has 6 nitrogen and oxygen atoms in total. The molecule has 1 saturated heterocycles. The lowest BCUT2D eigenvalue weighted by Gasteiger charge is -2.38. The van der Waals surface area contributed by atoms with E-state index in [0.717, 1.165) is 23.8 Å². The van der Waals surface area contributed by atoms with Crippen LogP contribution in [-0.4, -0.2) is 62.8 Å². The van der Waals surface area contributed by atoms with Gasteiger partial charge >= 0.3 is 0 Å². The van der Waals surface area contributed by atoms with Gasteiger partial charge in [-0.2, -0.15) is 0 Å². The van der Waals surface area contributed by atoms with Crippen molar-refractivity contribution in [3.8, 4) is 11.5 Å². The summed E-state index contributed by atoms with van der Waals surface area (Å²) in [6.07, 6.45) is 8.86. The molecule has 0 amide bonds. The molecule has 6 unspecified atom stereocenters. The number of hydrogen-bond acceptors (Lipinski definition) is 6. The van der Waals surface area contributed by atoms with Crippen molar-refractivity contribution in [2.75, 3.05) is 33.4 Å². The number of fused-ring (bicyclic) bond motifs is 3. The van der Waals surface area contributed by atoms with Crippen LogP contribution in [0.4, 0.5) is 0 Å². The fourth-order valence-electron chi connectivity index (χ4n) is 5.78. The van der Waals surface area contributed by atoms with Crippen LogP contribution < -0.4 is 20.1 Å². The molecule has 1 aromatic carbocycles. The van der Waals surface area contributed by atoms with Gasteiger partial charge < -0.3 is 30.0 Å². The minimum Gasteiger partial charge on any atom is -0.493 e. The highest BCUT2D eigenvalue weighted by Crippen LogP contribution is 2.44. The number of methoxy groups -OCH3 is 1. The summed E-state index contributed by atoms with van der Waals surface area (Å²) in [4.78, 5) is 0. The molecule has 1 heterocycles. The molecule has 0 bridgehead atoms. The molecule has 3 fully saturated rings. The van der Waals surface area contributed by atoms with E-state index in [-0.39, 0.29) is 0 Å². The van der Waals surface area contributed by atoms with Crippen LogP contribution in [0.5, 0.6) is 11.5 Å². The zero-order chi connectivity index (χ0) is 20.8. The van der Waals surface area contributed by atoms with Gasteiger partial charge in [0.05, 0.1) is 25.9 Å². The maximum atomic E-state index is 10.4. The average molecular weight is 419 g/mol. The number of benzene rings is 1. The molecule has 0 radical (unpaired) electrons. The number of aliphatic hydroxyl groups is 1. The van der Waals surface area contributed by atoms with Crippen molar-refractivity contribution in [2.45, 2.75) is 69.2 Å². The quantitative estimate of drug-likeness (QED) is 0.508. The Hall–Kier alpha value is -1.34. The van der Waals surface area contributed by atoms with E-state index in [9.17, 15) is 5.11 Å². The highest BCUT2D eigenvalue weighted by molar-refractivity contribution is 5.39. The van der Waals surface area contributed by atoms with Crippen LogP contribution in [0.1, 0.15) is 44.9 Å². The van der Waals surface area contributed by atoms with Crippen molar-refractivity contribution < 1.29 is 19.3 Å². The van der Waals surface area contributed by atoms with Gasteiger partial charge in [0.25, 0.3) is 0 Å². The molecule has 4 rings (SSSR count). The predicted molar refractivity (Wildman–Crippen MR) is 117 cm³/mol. The molecule has 6 atom stereocenters. The van der Waals surface area contributed by atoms with E-state index in [1.54, 1.807) is 7.11 Å². The molecule has 3 aliphatic rings. The molecule has 30 heavy (non-hydrogen) atoms. The van der Waals surface area contributed by atoms with Crippen LogP contribution in [0, 0.1) is 11.8 Å². The van der Waals surface area contributed by atoms with E-state index >= 15 is 0 Å². The van der Waals surface area contributed by atoms with Gasteiger partial charge in [-0.05, 0) is 50.2 Å². The van der Waals surface area contributed by atoms with Crippen molar-refractivity contribution in [1.82, 2.24) is 10.6 Å². The van der Waals surface area contributed by atoms with E-state index in [0.29, 0.717) is 50.4 Å². The second-order valence-electron chi connectivity index (χ2n) is 9.07. The van der Waals surface area contributed by atoms with Crippen LogP contribution in [-0.2, 0) is 4.74 Å². The van der Waals surface area contributed by atoms with Crippen molar-refractivity contribution in [1.29, 1.82) is 0 Å². The smallest absolute Gasteiger partial charge is 0.161 e. The zero-order valence-electron chi connectivity index (χ0n) is 18.2. The molecule has 0 spiro atoms. The lowest BCUT2D eigenvalue weighted by Crippen LogP contribution is -2.43. The third kappa shape index (κ3) is 5.28. The van der Waals surface area contributed by atoms with Gasteiger partial charge in [0.15, 0.2) is 11.5 Å². The fraction of sp³-hybridized carbons (Fsp3) is 0.750. The molecule has 2 saturated carbocycles. The van der Waals surface area contributed by atoms with Gasteiger partial charge in [-0.15, -0.1) is 0 Å². The summed E-state index contributed by atoms with van der Waals surface area (Å²) in [6, 6.07) is 8.96. The van der Waals surface area contributed by atoms with Gasteiger partial charge in [-0.25, -0.2) is 0 Å². The zero-order valence-corrected chi connectivity index (χ0v) is 18.2. The topological polar surface area (TPSA) is 72.0 Å². The second-order valence-corrected chi connectivity index (χ2v) is 9.07. The molecule has 6 heteroatoms. The molecular weight excluding hydrogens is 380 g/mol. The van der Waals surface area contributed by atoms with Crippen molar-refractivity contribution in [3.63, 3.8) is 0 Å². The van der Waals surface area contributed by atoms with Crippen molar-refractivity contribution in [2.24, 2.45) is 11.8 Å². The molecule has 1 aromatic rings. The lowest BCUT2D eigenvalue weighted by molar-refractivity contribution is -0.0621. The lowest BCUT2D eigenvalue weighted by atomic mass is 9.72. The standard InChI is InChI=1S/C24H38N2O4/c1-28-21-10-4-5-11-22(21)29-14-13-25-15-17(27)16-30-23-12-6-9-20-24(23)18-7-2-3-8-19(18)26-20/h4-5,10-11,17-20,23-27H,2-3,6-9,12-16H2,1H3. The summed E-state index contributed by atoms with van der Waals surface area (Å²) < 4.78 is 17.3. The van der Waals surface area contributed by atoms with Gasteiger partial charge in [-0.1, -0.05) is 25.0 Å². The van der Waals surface area contributed by atoms with Crippen LogP contribution in [0.3, 0.4) is 0 Å². The van der Waals surface area contributed by atoms with Crippen LogP contribution in [0.2, 0.25) is 0 Å². The first-order valence-electron chi connectivity index (χ1n) is 11.8. The second kappa shape index (κ2) is 10.8. The Kier molecular flexibility index (Phi) is 7.88. The summed E-state index contributed by atoms with van der Waals surface area (Å²) in [5.74, 6) is 2.89. The van der Waals surface area contributed by atoms with E-state index in [4.69, 9.17) is 14.2 Å². The maximum Gasteiger partial charge on any atom is 0.161 e. The van der Waals surface area contributed by atoms with Crippen LogP contribution >= 0.6 is 0 Å². The third-order valence-electron chi connectivity index (χ3n) is 7.13. The first kappa shape index (κ1) is 21.9. The summed E-state index contributed by atoms with van der Waals surface area (Å²) in [7, 11) is 1.64. The molecule has 2 aliphatic carbocycles.